The molecule has 1 aromatic heterocycles. The Labute approximate surface area is 125 Å². The summed E-state index contributed by atoms with van der Waals surface area (Å²) in [6, 6.07) is 0. The molecule has 21 heavy (non-hydrogen) atoms. The van der Waals surface area contributed by atoms with Gasteiger partial charge in [0.15, 0.2) is 0 Å². The van der Waals surface area contributed by atoms with E-state index in [9.17, 15) is 4.79 Å². The molecule has 0 saturated carbocycles. The Bertz CT molecular complexity index is 525. The van der Waals surface area contributed by atoms with E-state index in [1.807, 2.05) is 38.2 Å². The van der Waals surface area contributed by atoms with Crippen LogP contribution >= 0.6 is 0 Å². The minimum absolute atomic E-state index is 0.00287. The van der Waals surface area contributed by atoms with Gasteiger partial charge in [0.2, 0.25) is 5.91 Å². The summed E-state index contributed by atoms with van der Waals surface area (Å²) in [5.41, 5.74) is 0.900. The van der Waals surface area contributed by atoms with Gasteiger partial charge in [-0.15, -0.1) is 0 Å². The molecule has 1 N–H and O–H groups in total. The molecular formula is C15H24N4O2. The van der Waals surface area contributed by atoms with E-state index >= 15 is 0 Å². The highest BCUT2D eigenvalue weighted by Gasteiger charge is 2.39. The van der Waals surface area contributed by atoms with Crippen molar-refractivity contribution in [2.45, 2.75) is 25.4 Å². The van der Waals surface area contributed by atoms with E-state index in [1.165, 1.54) is 0 Å². The van der Waals surface area contributed by atoms with E-state index in [1.54, 1.807) is 4.68 Å². The van der Waals surface area contributed by atoms with Crippen LogP contribution < -0.4 is 5.32 Å². The summed E-state index contributed by atoms with van der Waals surface area (Å²) in [7, 11) is 1.91. The summed E-state index contributed by atoms with van der Waals surface area (Å²) in [6.45, 7) is 7.65. The van der Waals surface area contributed by atoms with Gasteiger partial charge in [-0.2, -0.15) is 5.10 Å². The molecule has 6 heteroatoms. The van der Waals surface area contributed by atoms with Gasteiger partial charge in [-0.3, -0.25) is 9.48 Å². The van der Waals surface area contributed by atoms with Gasteiger partial charge in [0.05, 0.1) is 24.3 Å². The van der Waals surface area contributed by atoms with Crippen molar-refractivity contribution >= 4 is 5.91 Å². The Morgan fingerprint density at radius 3 is 2.95 bits per heavy atom. The zero-order valence-corrected chi connectivity index (χ0v) is 13.0. The molecule has 1 aromatic rings. The Hall–Kier alpha value is -1.40. The standard InChI is InChI=1S/C15H24N4O2/c1-15(2)10-19(4-5-21-15)14(20)13-8-16-7-12(13)11-6-17-18(3)9-11/h6,9,12-13,16H,4-5,7-8,10H2,1-3H3/t12-,13+/m1/s1. The van der Waals surface area contributed by atoms with Gasteiger partial charge >= 0.3 is 0 Å². The molecule has 3 rings (SSSR count). The fraction of sp³-hybridized carbons (Fsp3) is 0.733. The minimum atomic E-state index is -0.246. The number of carbonyl (C=O) groups is 1. The normalized spacial score (nSPS) is 28.8. The van der Waals surface area contributed by atoms with E-state index in [-0.39, 0.29) is 23.3 Å². The molecule has 2 saturated heterocycles. The number of amides is 1. The molecule has 0 spiro atoms. The fourth-order valence-electron chi connectivity index (χ4n) is 3.36. The largest absolute Gasteiger partial charge is 0.372 e. The van der Waals surface area contributed by atoms with Crippen LogP contribution in [0.5, 0.6) is 0 Å². The van der Waals surface area contributed by atoms with E-state index in [0.717, 1.165) is 18.7 Å². The first kappa shape index (κ1) is 14.5. The van der Waals surface area contributed by atoms with Crippen LogP contribution in [-0.2, 0) is 16.6 Å². The molecule has 2 aliphatic rings. The highest BCUT2D eigenvalue weighted by atomic mass is 16.5. The van der Waals surface area contributed by atoms with E-state index in [2.05, 4.69) is 10.4 Å². The number of aromatic nitrogens is 2. The number of morpholine rings is 1. The molecule has 1 amide bonds. The van der Waals surface area contributed by atoms with Crippen LogP contribution in [0, 0.1) is 5.92 Å². The predicted octanol–water partition coefficient (Wildman–Crippen LogP) is 0.361. The number of nitrogens with one attached hydrogen (secondary N) is 1. The average molecular weight is 292 g/mol. The summed E-state index contributed by atoms with van der Waals surface area (Å²) in [5, 5.41) is 7.59. The summed E-state index contributed by atoms with van der Waals surface area (Å²) >= 11 is 0. The highest BCUT2D eigenvalue weighted by molar-refractivity contribution is 5.80. The molecule has 0 radical (unpaired) electrons. The van der Waals surface area contributed by atoms with Gasteiger partial charge in [0.25, 0.3) is 0 Å². The molecule has 3 heterocycles. The van der Waals surface area contributed by atoms with Crippen LogP contribution in [0.3, 0.4) is 0 Å². The summed E-state index contributed by atoms with van der Waals surface area (Å²) in [4.78, 5) is 14.8. The Morgan fingerprint density at radius 1 is 1.48 bits per heavy atom. The molecule has 6 nitrogen and oxygen atoms in total. The number of rotatable bonds is 2. The van der Waals surface area contributed by atoms with Crippen LogP contribution in [0.15, 0.2) is 12.4 Å². The summed E-state index contributed by atoms with van der Waals surface area (Å²) in [6.07, 6.45) is 3.89. The summed E-state index contributed by atoms with van der Waals surface area (Å²) in [5.74, 6) is 0.463. The summed E-state index contributed by atoms with van der Waals surface area (Å²) < 4.78 is 7.50. The van der Waals surface area contributed by atoms with Gasteiger partial charge in [-0.1, -0.05) is 0 Å². The molecule has 116 valence electrons. The second kappa shape index (κ2) is 5.42. The maximum atomic E-state index is 12.9. The third-order valence-corrected chi connectivity index (χ3v) is 4.42. The van der Waals surface area contributed by atoms with Crippen molar-refractivity contribution in [1.82, 2.24) is 20.0 Å². The number of aryl methyl sites for hydroxylation is 1. The van der Waals surface area contributed by atoms with Crippen LogP contribution in [0.1, 0.15) is 25.3 Å². The zero-order chi connectivity index (χ0) is 15.0. The van der Waals surface area contributed by atoms with Crippen molar-refractivity contribution in [3.8, 4) is 0 Å². The molecule has 0 unspecified atom stereocenters. The first-order chi connectivity index (χ1) is 9.96. The van der Waals surface area contributed by atoms with Gasteiger partial charge < -0.3 is 15.0 Å². The first-order valence-corrected chi connectivity index (χ1v) is 7.58. The maximum Gasteiger partial charge on any atom is 0.227 e. The lowest BCUT2D eigenvalue weighted by molar-refractivity contribution is -0.149. The number of hydrogen-bond donors (Lipinski definition) is 1. The Balaban J connectivity index is 1.74. The lowest BCUT2D eigenvalue weighted by atomic mass is 9.89. The molecule has 2 atom stereocenters. The van der Waals surface area contributed by atoms with Crippen molar-refractivity contribution in [3.05, 3.63) is 18.0 Å². The van der Waals surface area contributed by atoms with Crippen LogP contribution in [0.25, 0.3) is 0 Å². The smallest absolute Gasteiger partial charge is 0.227 e. The van der Waals surface area contributed by atoms with Gasteiger partial charge in [0.1, 0.15) is 0 Å². The number of carbonyl (C=O) groups excluding carboxylic acids is 1. The molecule has 0 bridgehead atoms. The van der Waals surface area contributed by atoms with Crippen LogP contribution in [-0.4, -0.2) is 59.0 Å². The van der Waals surface area contributed by atoms with Gasteiger partial charge in [-0.25, -0.2) is 0 Å². The predicted molar refractivity (Wildman–Crippen MR) is 78.9 cm³/mol. The number of hydrogen-bond acceptors (Lipinski definition) is 4. The lowest BCUT2D eigenvalue weighted by Gasteiger charge is -2.39. The second-order valence-electron chi connectivity index (χ2n) is 6.69. The van der Waals surface area contributed by atoms with E-state index < -0.39 is 0 Å². The third kappa shape index (κ3) is 2.96. The molecule has 0 aliphatic carbocycles. The minimum Gasteiger partial charge on any atom is -0.372 e. The lowest BCUT2D eigenvalue weighted by Crippen LogP contribution is -2.52. The Morgan fingerprint density at radius 2 is 2.29 bits per heavy atom. The SMILES string of the molecule is Cn1cc([C@H]2CNC[C@@H]2C(=O)N2CCOC(C)(C)C2)cn1. The topological polar surface area (TPSA) is 59.4 Å². The monoisotopic (exact) mass is 292 g/mol. The van der Waals surface area contributed by atoms with Gasteiger partial charge in [-0.05, 0) is 19.4 Å². The molecular weight excluding hydrogens is 268 g/mol. The number of nitrogens with zero attached hydrogens (tertiary/aromatic N) is 3. The third-order valence-electron chi connectivity index (χ3n) is 4.42. The van der Waals surface area contributed by atoms with Crippen molar-refractivity contribution < 1.29 is 9.53 Å². The molecule has 2 aliphatic heterocycles. The zero-order valence-electron chi connectivity index (χ0n) is 13.0. The average Bonchev–Trinajstić information content (AvgIpc) is 3.04. The first-order valence-electron chi connectivity index (χ1n) is 7.58. The van der Waals surface area contributed by atoms with Crippen LogP contribution in [0.2, 0.25) is 0 Å². The highest BCUT2D eigenvalue weighted by Crippen LogP contribution is 2.30. The van der Waals surface area contributed by atoms with Crippen molar-refractivity contribution in [3.63, 3.8) is 0 Å². The molecule has 0 aromatic carbocycles. The van der Waals surface area contributed by atoms with Gasteiger partial charge in [0, 0.05) is 45.3 Å². The van der Waals surface area contributed by atoms with Crippen molar-refractivity contribution in [2.24, 2.45) is 13.0 Å². The van der Waals surface area contributed by atoms with E-state index in [4.69, 9.17) is 4.74 Å². The maximum absolute atomic E-state index is 12.9. The van der Waals surface area contributed by atoms with Crippen molar-refractivity contribution in [1.29, 1.82) is 0 Å². The second-order valence-corrected chi connectivity index (χ2v) is 6.69. The van der Waals surface area contributed by atoms with E-state index in [0.29, 0.717) is 19.7 Å². The number of ether oxygens (including phenoxy) is 1. The van der Waals surface area contributed by atoms with Crippen LogP contribution in [0.4, 0.5) is 0 Å². The fourth-order valence-corrected chi connectivity index (χ4v) is 3.36. The van der Waals surface area contributed by atoms with Crippen molar-refractivity contribution in [2.75, 3.05) is 32.8 Å². The molecule has 2 fully saturated rings. The quantitative estimate of drug-likeness (QED) is 0.855. The Kier molecular flexibility index (Phi) is 3.75.